The van der Waals surface area contributed by atoms with Crippen molar-refractivity contribution in [3.05, 3.63) is 78.2 Å². The summed E-state index contributed by atoms with van der Waals surface area (Å²) in [5, 5.41) is 3.66. The van der Waals surface area contributed by atoms with Crippen LogP contribution in [0.1, 0.15) is 15.9 Å². The fourth-order valence-corrected chi connectivity index (χ4v) is 2.71. The van der Waals surface area contributed by atoms with Crippen LogP contribution in [-0.4, -0.2) is 15.9 Å². The predicted molar refractivity (Wildman–Crippen MR) is 96.4 cm³/mol. The molecule has 1 amide bonds. The van der Waals surface area contributed by atoms with E-state index >= 15 is 0 Å². The number of para-hydroxylation sites is 1. The van der Waals surface area contributed by atoms with Crippen molar-refractivity contribution in [1.82, 2.24) is 9.97 Å². The molecule has 0 saturated carbocycles. The Kier molecular flexibility index (Phi) is 3.74. The van der Waals surface area contributed by atoms with E-state index in [9.17, 15) is 4.79 Å². The number of hydrogen-bond donors (Lipinski definition) is 1. The molecular formula is C20H15N3O2. The van der Waals surface area contributed by atoms with Crippen molar-refractivity contribution >= 4 is 22.6 Å². The lowest BCUT2D eigenvalue weighted by molar-refractivity contribution is 0.102. The molecule has 0 spiro atoms. The van der Waals surface area contributed by atoms with Gasteiger partial charge in [0.15, 0.2) is 5.76 Å². The first-order chi connectivity index (χ1) is 12.2. The van der Waals surface area contributed by atoms with Gasteiger partial charge in [0.1, 0.15) is 11.5 Å². The maximum Gasteiger partial charge on any atom is 0.257 e. The highest BCUT2D eigenvalue weighted by molar-refractivity contribution is 6.12. The van der Waals surface area contributed by atoms with Crippen LogP contribution >= 0.6 is 0 Å². The van der Waals surface area contributed by atoms with Gasteiger partial charge in [-0.1, -0.05) is 24.3 Å². The number of fused-ring (bicyclic) bond motifs is 1. The Labute approximate surface area is 144 Å². The van der Waals surface area contributed by atoms with Gasteiger partial charge >= 0.3 is 0 Å². The molecule has 4 rings (SSSR count). The monoisotopic (exact) mass is 329 g/mol. The number of benzene rings is 1. The summed E-state index contributed by atoms with van der Waals surface area (Å²) in [4.78, 5) is 21.7. The summed E-state index contributed by atoms with van der Waals surface area (Å²) in [5.41, 5.74) is 2.79. The van der Waals surface area contributed by atoms with Crippen LogP contribution in [0, 0.1) is 6.92 Å². The van der Waals surface area contributed by atoms with Gasteiger partial charge in [0.25, 0.3) is 5.91 Å². The summed E-state index contributed by atoms with van der Waals surface area (Å²) >= 11 is 0. The molecule has 0 atom stereocenters. The Morgan fingerprint density at radius 3 is 2.76 bits per heavy atom. The minimum atomic E-state index is -0.229. The molecule has 5 heteroatoms. The molecule has 0 aliphatic heterocycles. The third-order valence-corrected chi connectivity index (χ3v) is 3.98. The third-order valence-electron chi connectivity index (χ3n) is 3.98. The number of furan rings is 1. The van der Waals surface area contributed by atoms with Gasteiger partial charge in [-0.2, -0.15) is 0 Å². The van der Waals surface area contributed by atoms with Crippen molar-refractivity contribution in [2.75, 3.05) is 5.32 Å². The van der Waals surface area contributed by atoms with Gasteiger partial charge in [-0.25, -0.2) is 9.97 Å². The number of carbonyl (C=O) groups is 1. The molecule has 4 aromatic rings. The van der Waals surface area contributed by atoms with Gasteiger partial charge in [0.2, 0.25) is 0 Å². The molecule has 1 aromatic carbocycles. The highest BCUT2D eigenvalue weighted by Crippen LogP contribution is 2.26. The molecule has 0 saturated heterocycles. The minimum absolute atomic E-state index is 0.229. The zero-order valence-corrected chi connectivity index (χ0v) is 13.6. The van der Waals surface area contributed by atoms with Gasteiger partial charge in [0.05, 0.1) is 17.3 Å². The van der Waals surface area contributed by atoms with Crippen LogP contribution in [0.15, 0.2) is 71.5 Å². The van der Waals surface area contributed by atoms with Crippen molar-refractivity contribution in [3.8, 4) is 11.5 Å². The fourth-order valence-electron chi connectivity index (χ4n) is 2.71. The zero-order chi connectivity index (χ0) is 17.2. The van der Waals surface area contributed by atoms with Crippen molar-refractivity contribution < 1.29 is 9.21 Å². The van der Waals surface area contributed by atoms with E-state index in [1.165, 1.54) is 0 Å². The van der Waals surface area contributed by atoms with Crippen LogP contribution in [-0.2, 0) is 0 Å². The van der Waals surface area contributed by atoms with E-state index in [1.807, 2.05) is 49.4 Å². The van der Waals surface area contributed by atoms with Crippen LogP contribution in [0.25, 0.3) is 22.4 Å². The van der Waals surface area contributed by atoms with E-state index in [4.69, 9.17) is 4.42 Å². The van der Waals surface area contributed by atoms with Gasteiger partial charge in [-0.05, 0) is 42.8 Å². The summed E-state index contributed by atoms with van der Waals surface area (Å²) in [5.74, 6) is 0.940. The maximum atomic E-state index is 12.9. The average Bonchev–Trinajstić information content (AvgIpc) is 3.17. The Bertz CT molecular complexity index is 1060. The number of pyridine rings is 2. The average molecular weight is 329 g/mol. The first-order valence-electron chi connectivity index (χ1n) is 7.89. The Morgan fingerprint density at radius 1 is 1.08 bits per heavy atom. The molecular weight excluding hydrogens is 314 g/mol. The van der Waals surface area contributed by atoms with Crippen molar-refractivity contribution in [3.63, 3.8) is 0 Å². The van der Waals surface area contributed by atoms with E-state index in [2.05, 4.69) is 15.3 Å². The van der Waals surface area contributed by atoms with Gasteiger partial charge in [-0.3, -0.25) is 4.79 Å². The van der Waals surface area contributed by atoms with Gasteiger partial charge in [0, 0.05) is 11.6 Å². The lowest BCUT2D eigenvalue weighted by Gasteiger charge is -2.10. The van der Waals surface area contributed by atoms with Crippen LogP contribution < -0.4 is 5.32 Å². The lowest BCUT2D eigenvalue weighted by atomic mass is 10.1. The number of nitrogens with zero attached hydrogens (tertiary/aromatic N) is 2. The predicted octanol–water partition coefficient (Wildman–Crippen LogP) is 4.45. The quantitative estimate of drug-likeness (QED) is 0.603. The number of amides is 1. The van der Waals surface area contributed by atoms with Crippen molar-refractivity contribution in [2.45, 2.75) is 6.92 Å². The molecule has 5 nitrogen and oxygen atoms in total. The smallest absolute Gasteiger partial charge is 0.257 e. The zero-order valence-electron chi connectivity index (χ0n) is 13.6. The second kappa shape index (κ2) is 6.20. The topological polar surface area (TPSA) is 68.0 Å². The molecule has 0 aliphatic carbocycles. The lowest BCUT2D eigenvalue weighted by Crippen LogP contribution is -2.14. The van der Waals surface area contributed by atoms with Crippen molar-refractivity contribution in [2.24, 2.45) is 0 Å². The number of rotatable bonds is 3. The maximum absolute atomic E-state index is 12.9. The van der Waals surface area contributed by atoms with E-state index in [1.54, 1.807) is 24.6 Å². The number of hydrogen-bond acceptors (Lipinski definition) is 4. The van der Waals surface area contributed by atoms with E-state index in [-0.39, 0.29) is 5.91 Å². The molecule has 25 heavy (non-hydrogen) atoms. The third kappa shape index (κ3) is 2.87. The number of aryl methyl sites for hydroxylation is 1. The van der Waals surface area contributed by atoms with Crippen LogP contribution in [0.2, 0.25) is 0 Å². The molecule has 0 bridgehead atoms. The van der Waals surface area contributed by atoms with Gasteiger partial charge in [-0.15, -0.1) is 0 Å². The first kappa shape index (κ1) is 15.1. The van der Waals surface area contributed by atoms with E-state index < -0.39 is 0 Å². The second-order valence-corrected chi connectivity index (χ2v) is 5.67. The van der Waals surface area contributed by atoms with Crippen LogP contribution in [0.3, 0.4) is 0 Å². The molecule has 3 aromatic heterocycles. The second-order valence-electron chi connectivity index (χ2n) is 5.67. The highest BCUT2D eigenvalue weighted by atomic mass is 16.3. The number of nitrogens with one attached hydrogen (secondary N) is 1. The van der Waals surface area contributed by atoms with Crippen LogP contribution in [0.4, 0.5) is 5.82 Å². The number of anilines is 1. The molecule has 0 unspecified atom stereocenters. The summed E-state index contributed by atoms with van der Waals surface area (Å²) in [6.45, 7) is 1.90. The SMILES string of the molecule is Cc1cccnc1NC(=O)c1cc(-c2ccco2)nc2ccccc12. The van der Waals surface area contributed by atoms with Crippen molar-refractivity contribution in [1.29, 1.82) is 0 Å². The van der Waals surface area contributed by atoms with Gasteiger partial charge < -0.3 is 9.73 Å². The van der Waals surface area contributed by atoms with E-state index in [0.717, 1.165) is 16.5 Å². The molecule has 0 aliphatic rings. The summed E-state index contributed by atoms with van der Waals surface area (Å²) < 4.78 is 5.43. The summed E-state index contributed by atoms with van der Waals surface area (Å²) in [6, 6.07) is 16.6. The van der Waals surface area contributed by atoms with Crippen LogP contribution in [0.5, 0.6) is 0 Å². The molecule has 1 N–H and O–H groups in total. The molecule has 0 radical (unpaired) electrons. The Morgan fingerprint density at radius 2 is 1.96 bits per heavy atom. The molecule has 3 heterocycles. The standard InChI is InChI=1S/C20H15N3O2/c1-13-6-4-10-21-19(13)23-20(24)15-12-17(18-9-5-11-25-18)22-16-8-3-2-7-14(15)16/h2-12H,1H3,(H,21,23,24). The fraction of sp³-hybridized carbons (Fsp3) is 0.0500. The minimum Gasteiger partial charge on any atom is -0.463 e. The number of carbonyl (C=O) groups excluding carboxylic acids is 1. The molecule has 122 valence electrons. The Balaban J connectivity index is 1.82. The molecule has 0 fully saturated rings. The Hall–Kier alpha value is -3.47. The normalized spacial score (nSPS) is 10.8. The van der Waals surface area contributed by atoms with E-state index in [0.29, 0.717) is 22.8 Å². The number of aromatic nitrogens is 2. The largest absolute Gasteiger partial charge is 0.463 e. The first-order valence-corrected chi connectivity index (χ1v) is 7.89. The summed E-state index contributed by atoms with van der Waals surface area (Å²) in [6.07, 6.45) is 3.24. The highest BCUT2D eigenvalue weighted by Gasteiger charge is 2.16. The summed E-state index contributed by atoms with van der Waals surface area (Å²) in [7, 11) is 0.